The van der Waals surface area contributed by atoms with Crippen LogP contribution in [0.15, 0.2) is 24.3 Å². The van der Waals surface area contributed by atoms with Gasteiger partial charge in [0.25, 0.3) is 0 Å². The van der Waals surface area contributed by atoms with Crippen molar-refractivity contribution in [3.63, 3.8) is 0 Å². The average Bonchev–Trinajstić information content (AvgIpc) is 2.72. The van der Waals surface area contributed by atoms with Crippen molar-refractivity contribution in [3.05, 3.63) is 29.8 Å². The highest BCUT2D eigenvalue weighted by atomic mass is 16.5. The first-order valence-corrected chi connectivity index (χ1v) is 8.27. The minimum atomic E-state index is 0.121. The molecule has 0 bridgehead atoms. The molecule has 0 aromatic heterocycles. The molecule has 122 valence electrons. The van der Waals surface area contributed by atoms with E-state index in [0.29, 0.717) is 12.6 Å². The average molecular weight is 304 g/mol. The molecule has 1 aromatic rings. The zero-order valence-electron chi connectivity index (χ0n) is 14.0. The summed E-state index contributed by atoms with van der Waals surface area (Å²) in [7, 11) is 1.68. The minimum Gasteiger partial charge on any atom is -0.497 e. The van der Waals surface area contributed by atoms with Crippen LogP contribution in [0.4, 0.5) is 0 Å². The Balaban J connectivity index is 2.10. The molecule has 1 aromatic carbocycles. The van der Waals surface area contributed by atoms with Gasteiger partial charge in [0.05, 0.1) is 13.7 Å². The summed E-state index contributed by atoms with van der Waals surface area (Å²) in [5.74, 6) is 0.997. The van der Waals surface area contributed by atoms with Gasteiger partial charge in [-0.05, 0) is 50.9 Å². The van der Waals surface area contributed by atoms with Gasteiger partial charge in [-0.2, -0.15) is 0 Å². The number of carbonyl (C=O) groups excluding carboxylic acids is 1. The molecule has 4 nitrogen and oxygen atoms in total. The number of amides is 1. The number of carbonyl (C=O) groups is 1. The number of methoxy groups -OCH3 is 1. The van der Waals surface area contributed by atoms with Crippen LogP contribution in [0.1, 0.15) is 51.1 Å². The van der Waals surface area contributed by atoms with E-state index in [1.807, 2.05) is 26.0 Å². The molecular formula is C18H28N2O2. The zero-order valence-corrected chi connectivity index (χ0v) is 14.0. The maximum Gasteiger partial charge on any atom is 0.234 e. The van der Waals surface area contributed by atoms with E-state index in [1.165, 1.54) is 24.8 Å². The Labute approximate surface area is 133 Å². The molecule has 0 aliphatic carbocycles. The molecule has 1 fully saturated rings. The first-order chi connectivity index (χ1) is 10.6. The van der Waals surface area contributed by atoms with Gasteiger partial charge < -0.3 is 10.1 Å². The molecule has 1 unspecified atom stereocenters. The smallest absolute Gasteiger partial charge is 0.234 e. The van der Waals surface area contributed by atoms with Gasteiger partial charge in [-0.15, -0.1) is 0 Å². The summed E-state index contributed by atoms with van der Waals surface area (Å²) < 4.78 is 5.24. The number of hydrogen-bond donors (Lipinski definition) is 1. The molecule has 2 rings (SSSR count). The topological polar surface area (TPSA) is 41.6 Å². The van der Waals surface area contributed by atoms with E-state index in [9.17, 15) is 4.79 Å². The summed E-state index contributed by atoms with van der Waals surface area (Å²) in [5, 5.41) is 3.00. The Hall–Kier alpha value is -1.55. The van der Waals surface area contributed by atoms with Crippen molar-refractivity contribution < 1.29 is 9.53 Å². The van der Waals surface area contributed by atoms with E-state index >= 15 is 0 Å². The van der Waals surface area contributed by atoms with E-state index in [0.717, 1.165) is 18.7 Å². The summed E-state index contributed by atoms with van der Waals surface area (Å²) in [6.07, 6.45) is 4.75. The van der Waals surface area contributed by atoms with E-state index in [1.54, 1.807) is 7.11 Å². The molecule has 0 radical (unpaired) electrons. The maximum absolute atomic E-state index is 12.1. The van der Waals surface area contributed by atoms with Crippen LogP contribution < -0.4 is 10.1 Å². The summed E-state index contributed by atoms with van der Waals surface area (Å²) in [6.45, 7) is 5.47. The van der Waals surface area contributed by atoms with Crippen LogP contribution >= 0.6 is 0 Å². The predicted molar refractivity (Wildman–Crippen MR) is 89.1 cm³/mol. The molecule has 1 atom stereocenters. The van der Waals surface area contributed by atoms with E-state index < -0.39 is 0 Å². The summed E-state index contributed by atoms with van der Waals surface area (Å²) in [4.78, 5) is 14.5. The van der Waals surface area contributed by atoms with Gasteiger partial charge in [0.1, 0.15) is 5.75 Å². The summed E-state index contributed by atoms with van der Waals surface area (Å²) in [6, 6.07) is 8.79. The standard InChI is InChI=1S/C18H28N2O2/c1-14(2)19-18(21)13-20-12-6-4-5-7-17(20)15-8-10-16(22-3)11-9-15/h8-11,14,17H,4-7,12-13H2,1-3H3,(H,19,21). The van der Waals surface area contributed by atoms with Crippen molar-refractivity contribution in [2.45, 2.75) is 51.6 Å². The Morgan fingerprint density at radius 3 is 2.64 bits per heavy atom. The van der Waals surface area contributed by atoms with Crippen molar-refractivity contribution in [1.82, 2.24) is 10.2 Å². The van der Waals surface area contributed by atoms with Gasteiger partial charge in [0, 0.05) is 12.1 Å². The monoisotopic (exact) mass is 304 g/mol. The maximum atomic E-state index is 12.1. The molecule has 1 heterocycles. The lowest BCUT2D eigenvalue weighted by Gasteiger charge is -2.30. The predicted octanol–water partition coefficient (Wildman–Crippen LogP) is 3.14. The normalized spacial score (nSPS) is 19.7. The Morgan fingerprint density at radius 1 is 1.27 bits per heavy atom. The van der Waals surface area contributed by atoms with Gasteiger partial charge in [-0.3, -0.25) is 9.69 Å². The van der Waals surface area contributed by atoms with Crippen LogP contribution in [-0.4, -0.2) is 37.0 Å². The van der Waals surface area contributed by atoms with E-state index in [-0.39, 0.29) is 11.9 Å². The second-order valence-electron chi connectivity index (χ2n) is 6.33. The fourth-order valence-corrected chi connectivity index (χ4v) is 3.11. The van der Waals surface area contributed by atoms with E-state index in [4.69, 9.17) is 4.74 Å². The minimum absolute atomic E-state index is 0.121. The lowest BCUT2D eigenvalue weighted by Crippen LogP contribution is -2.41. The number of likely N-dealkylation sites (tertiary alicyclic amines) is 1. The lowest BCUT2D eigenvalue weighted by atomic mass is 10.0. The van der Waals surface area contributed by atoms with Crippen LogP contribution in [-0.2, 0) is 4.79 Å². The SMILES string of the molecule is COc1ccc(C2CCCCCN2CC(=O)NC(C)C)cc1. The van der Waals surface area contributed by atoms with Gasteiger partial charge in [0.15, 0.2) is 0 Å². The zero-order chi connectivity index (χ0) is 15.9. The lowest BCUT2D eigenvalue weighted by molar-refractivity contribution is -0.123. The fraction of sp³-hybridized carbons (Fsp3) is 0.611. The largest absolute Gasteiger partial charge is 0.497 e. The highest BCUT2D eigenvalue weighted by Gasteiger charge is 2.24. The number of nitrogens with one attached hydrogen (secondary N) is 1. The second kappa shape index (κ2) is 8.18. The highest BCUT2D eigenvalue weighted by molar-refractivity contribution is 5.78. The summed E-state index contributed by atoms with van der Waals surface area (Å²) in [5.41, 5.74) is 1.28. The number of benzene rings is 1. The fourth-order valence-electron chi connectivity index (χ4n) is 3.11. The van der Waals surface area contributed by atoms with Crippen LogP contribution in [0.3, 0.4) is 0 Å². The van der Waals surface area contributed by atoms with Crippen molar-refractivity contribution in [2.75, 3.05) is 20.2 Å². The van der Waals surface area contributed by atoms with Gasteiger partial charge in [0.2, 0.25) is 5.91 Å². The molecule has 1 aliphatic rings. The van der Waals surface area contributed by atoms with Crippen molar-refractivity contribution in [2.24, 2.45) is 0 Å². The molecule has 1 N–H and O–H groups in total. The first kappa shape index (κ1) is 16.8. The van der Waals surface area contributed by atoms with Crippen LogP contribution in [0.2, 0.25) is 0 Å². The van der Waals surface area contributed by atoms with Crippen molar-refractivity contribution in [3.8, 4) is 5.75 Å². The third-order valence-electron chi connectivity index (χ3n) is 4.16. The third kappa shape index (κ3) is 4.73. The Morgan fingerprint density at radius 2 is 2.00 bits per heavy atom. The molecule has 1 saturated heterocycles. The molecule has 22 heavy (non-hydrogen) atoms. The second-order valence-corrected chi connectivity index (χ2v) is 6.33. The highest BCUT2D eigenvalue weighted by Crippen LogP contribution is 2.30. The number of hydrogen-bond acceptors (Lipinski definition) is 3. The number of ether oxygens (including phenoxy) is 1. The molecule has 4 heteroatoms. The Kier molecular flexibility index (Phi) is 6.25. The van der Waals surface area contributed by atoms with Gasteiger partial charge >= 0.3 is 0 Å². The van der Waals surface area contributed by atoms with E-state index in [2.05, 4.69) is 22.3 Å². The molecular weight excluding hydrogens is 276 g/mol. The van der Waals surface area contributed by atoms with Crippen LogP contribution in [0, 0.1) is 0 Å². The van der Waals surface area contributed by atoms with Crippen LogP contribution in [0.5, 0.6) is 5.75 Å². The molecule has 0 saturated carbocycles. The first-order valence-electron chi connectivity index (χ1n) is 8.27. The van der Waals surface area contributed by atoms with Crippen LogP contribution in [0.25, 0.3) is 0 Å². The van der Waals surface area contributed by atoms with Crippen molar-refractivity contribution in [1.29, 1.82) is 0 Å². The number of rotatable bonds is 5. The Bertz CT molecular complexity index is 470. The third-order valence-corrected chi connectivity index (χ3v) is 4.16. The molecule has 0 spiro atoms. The summed E-state index contributed by atoms with van der Waals surface area (Å²) >= 11 is 0. The molecule has 1 amide bonds. The van der Waals surface area contributed by atoms with Crippen molar-refractivity contribution >= 4 is 5.91 Å². The number of nitrogens with zero attached hydrogens (tertiary/aromatic N) is 1. The molecule has 1 aliphatic heterocycles. The quantitative estimate of drug-likeness (QED) is 0.908. The van der Waals surface area contributed by atoms with Gasteiger partial charge in [-0.1, -0.05) is 25.0 Å². The van der Waals surface area contributed by atoms with Gasteiger partial charge in [-0.25, -0.2) is 0 Å².